The largest absolute Gasteiger partial charge is 0.263 e. The molecule has 0 saturated carbocycles. The molecule has 8 heavy (non-hydrogen) atoms. The zero-order valence-electron chi connectivity index (χ0n) is 4.07. The Morgan fingerprint density at radius 3 is 3.50 bits per heavy atom. The number of nitrogens with zero attached hydrogens (tertiary/aromatic N) is 3. The van der Waals surface area contributed by atoms with E-state index in [4.69, 9.17) is 0 Å². The van der Waals surface area contributed by atoms with Gasteiger partial charge in [0.2, 0.25) is 0 Å². The van der Waals surface area contributed by atoms with Crippen LogP contribution in [0.2, 0.25) is 0 Å². The van der Waals surface area contributed by atoms with E-state index in [-0.39, 0.29) is 6.04 Å². The van der Waals surface area contributed by atoms with E-state index in [1.165, 1.54) is 6.34 Å². The van der Waals surface area contributed by atoms with Crippen molar-refractivity contribution < 1.29 is 0 Å². The zero-order valence-corrected chi connectivity index (χ0v) is 4.07. The van der Waals surface area contributed by atoms with Crippen molar-refractivity contribution in [1.29, 1.82) is 0 Å². The first-order chi connectivity index (χ1) is 3.97. The summed E-state index contributed by atoms with van der Waals surface area (Å²) in [6.07, 6.45) is 3.26. The van der Waals surface area contributed by atoms with Crippen LogP contribution in [0.5, 0.6) is 0 Å². The highest BCUT2D eigenvalue weighted by molar-refractivity contribution is 6.10. The molecular weight excluding hydrogens is 104 g/mol. The summed E-state index contributed by atoms with van der Waals surface area (Å²) in [7, 11) is 0. The molecule has 0 aromatic heterocycles. The standard InChI is InChI=1S/C4H4N4/c1-3-4(8-7-1)6-2-5-3/h1-3H,(H,5,6,8). The number of amidine groups is 1. The first kappa shape index (κ1) is 3.77. The first-order valence-corrected chi connectivity index (χ1v) is 2.35. The molecule has 4 nitrogen and oxygen atoms in total. The van der Waals surface area contributed by atoms with Gasteiger partial charge in [0.1, 0.15) is 12.4 Å². The van der Waals surface area contributed by atoms with Crippen molar-refractivity contribution in [1.82, 2.24) is 5.43 Å². The quantitative estimate of drug-likeness (QED) is 0.442. The van der Waals surface area contributed by atoms with Crippen molar-refractivity contribution >= 4 is 18.4 Å². The maximum atomic E-state index is 3.96. The third-order valence-corrected chi connectivity index (χ3v) is 1.10. The summed E-state index contributed by atoms with van der Waals surface area (Å²) in [5, 5.41) is 3.75. The van der Waals surface area contributed by atoms with E-state index in [2.05, 4.69) is 20.5 Å². The summed E-state index contributed by atoms with van der Waals surface area (Å²) < 4.78 is 0. The fourth-order valence-electron chi connectivity index (χ4n) is 0.692. The second kappa shape index (κ2) is 1.15. The lowest BCUT2D eigenvalue weighted by Crippen LogP contribution is -2.19. The van der Waals surface area contributed by atoms with Gasteiger partial charge >= 0.3 is 0 Å². The van der Waals surface area contributed by atoms with E-state index in [1.54, 1.807) is 6.21 Å². The van der Waals surface area contributed by atoms with Gasteiger partial charge in [0.25, 0.3) is 0 Å². The van der Waals surface area contributed by atoms with Crippen LogP contribution in [0.25, 0.3) is 0 Å². The molecule has 4 heteroatoms. The molecule has 0 spiro atoms. The fourth-order valence-corrected chi connectivity index (χ4v) is 0.692. The number of fused-ring (bicyclic) bond motifs is 1. The average molecular weight is 108 g/mol. The van der Waals surface area contributed by atoms with Crippen LogP contribution in [-0.4, -0.2) is 24.4 Å². The van der Waals surface area contributed by atoms with Crippen LogP contribution in [-0.2, 0) is 0 Å². The molecule has 0 amide bonds. The molecule has 2 heterocycles. The minimum Gasteiger partial charge on any atom is -0.263 e. The Labute approximate surface area is 46.0 Å². The molecule has 40 valence electrons. The smallest absolute Gasteiger partial charge is 0.154 e. The van der Waals surface area contributed by atoms with Crippen molar-refractivity contribution in [3.63, 3.8) is 0 Å². The first-order valence-electron chi connectivity index (χ1n) is 2.35. The van der Waals surface area contributed by atoms with Crippen LogP contribution < -0.4 is 5.43 Å². The van der Waals surface area contributed by atoms with Crippen molar-refractivity contribution in [2.75, 3.05) is 0 Å². The van der Waals surface area contributed by atoms with E-state index in [1.807, 2.05) is 0 Å². The molecule has 0 bridgehead atoms. The molecule has 0 aromatic carbocycles. The second-order valence-electron chi connectivity index (χ2n) is 1.61. The second-order valence-corrected chi connectivity index (χ2v) is 1.61. The third kappa shape index (κ3) is 0.318. The fraction of sp³-hybridized carbons (Fsp3) is 0.250. The molecule has 0 radical (unpaired) electrons. The SMILES string of the molecule is C1=NNC2=NC=NC12. The predicted molar refractivity (Wildman–Crippen MR) is 31.3 cm³/mol. The van der Waals surface area contributed by atoms with E-state index >= 15 is 0 Å². The van der Waals surface area contributed by atoms with Gasteiger partial charge in [-0.05, 0) is 0 Å². The van der Waals surface area contributed by atoms with Crippen molar-refractivity contribution in [2.24, 2.45) is 15.1 Å². The normalized spacial score (nSPS) is 30.0. The van der Waals surface area contributed by atoms with Gasteiger partial charge in [-0.2, -0.15) is 5.10 Å². The van der Waals surface area contributed by atoms with Crippen LogP contribution in [0.4, 0.5) is 0 Å². The van der Waals surface area contributed by atoms with Gasteiger partial charge in [0, 0.05) is 0 Å². The summed E-state index contributed by atoms with van der Waals surface area (Å²) in [5.74, 6) is 0.838. The van der Waals surface area contributed by atoms with Gasteiger partial charge in [0.15, 0.2) is 5.84 Å². The Hall–Kier alpha value is -1.19. The summed E-state index contributed by atoms with van der Waals surface area (Å²) >= 11 is 0. The van der Waals surface area contributed by atoms with Gasteiger partial charge < -0.3 is 0 Å². The third-order valence-electron chi connectivity index (χ3n) is 1.10. The number of rotatable bonds is 0. The minimum atomic E-state index is 0.0926. The molecule has 0 aromatic rings. The van der Waals surface area contributed by atoms with Crippen molar-refractivity contribution in [3.8, 4) is 0 Å². The lowest BCUT2D eigenvalue weighted by atomic mass is 10.3. The summed E-state index contributed by atoms with van der Waals surface area (Å²) in [4.78, 5) is 7.84. The Morgan fingerprint density at radius 2 is 2.62 bits per heavy atom. The van der Waals surface area contributed by atoms with E-state index < -0.39 is 0 Å². The monoisotopic (exact) mass is 108 g/mol. The molecule has 0 saturated heterocycles. The average Bonchev–Trinajstić information content (AvgIpc) is 2.15. The van der Waals surface area contributed by atoms with Crippen LogP contribution in [0.3, 0.4) is 0 Å². The summed E-state index contributed by atoms with van der Waals surface area (Å²) in [6, 6.07) is 0.0926. The number of hydrogen-bond acceptors (Lipinski definition) is 4. The van der Waals surface area contributed by atoms with Crippen molar-refractivity contribution in [2.45, 2.75) is 6.04 Å². The lowest BCUT2D eigenvalue weighted by Gasteiger charge is -1.90. The van der Waals surface area contributed by atoms with Crippen LogP contribution >= 0.6 is 0 Å². The number of hydrazone groups is 1. The Balaban J connectivity index is 2.39. The van der Waals surface area contributed by atoms with Gasteiger partial charge in [-0.3, -0.25) is 10.4 Å². The van der Waals surface area contributed by atoms with Crippen LogP contribution in [0.1, 0.15) is 0 Å². The maximum Gasteiger partial charge on any atom is 0.154 e. The van der Waals surface area contributed by atoms with E-state index in [0.29, 0.717) is 0 Å². The zero-order chi connectivity index (χ0) is 5.40. The highest BCUT2D eigenvalue weighted by Gasteiger charge is 2.19. The minimum absolute atomic E-state index is 0.0926. The summed E-state index contributed by atoms with van der Waals surface area (Å²) in [5.41, 5.74) is 2.71. The Bertz CT molecular complexity index is 190. The van der Waals surface area contributed by atoms with Crippen LogP contribution in [0, 0.1) is 0 Å². The topological polar surface area (TPSA) is 49.1 Å². The number of hydrogen-bond donors (Lipinski definition) is 1. The molecule has 0 fully saturated rings. The molecule has 2 aliphatic rings. The highest BCUT2D eigenvalue weighted by atomic mass is 15.4. The Kier molecular flexibility index (Phi) is 0.542. The highest BCUT2D eigenvalue weighted by Crippen LogP contribution is 2.00. The van der Waals surface area contributed by atoms with Gasteiger partial charge in [-0.25, -0.2) is 4.99 Å². The molecule has 1 atom stereocenters. The number of aliphatic imine (C=N–C) groups is 2. The van der Waals surface area contributed by atoms with Crippen molar-refractivity contribution in [3.05, 3.63) is 0 Å². The molecule has 0 aliphatic carbocycles. The molecule has 2 aliphatic heterocycles. The van der Waals surface area contributed by atoms with E-state index in [0.717, 1.165) is 5.84 Å². The molecule has 1 N–H and O–H groups in total. The van der Waals surface area contributed by atoms with Crippen LogP contribution in [0.15, 0.2) is 15.1 Å². The van der Waals surface area contributed by atoms with E-state index in [9.17, 15) is 0 Å². The number of nitrogens with one attached hydrogen (secondary N) is 1. The molecular formula is C4H4N4. The summed E-state index contributed by atoms with van der Waals surface area (Å²) in [6.45, 7) is 0. The lowest BCUT2D eigenvalue weighted by molar-refractivity contribution is 1.05. The molecule has 1 unspecified atom stereocenters. The molecule has 2 rings (SSSR count). The Morgan fingerprint density at radius 1 is 1.62 bits per heavy atom. The van der Waals surface area contributed by atoms with Gasteiger partial charge in [-0.15, -0.1) is 0 Å². The van der Waals surface area contributed by atoms with Gasteiger partial charge in [0.05, 0.1) is 6.21 Å². The maximum absolute atomic E-state index is 3.96. The van der Waals surface area contributed by atoms with Gasteiger partial charge in [-0.1, -0.05) is 0 Å². The predicted octanol–water partition coefficient (Wildman–Crippen LogP) is -0.616.